The Morgan fingerprint density at radius 2 is 1.81 bits per heavy atom. The molecule has 0 saturated heterocycles. The largest absolute Gasteiger partial charge is 0.339 e. The summed E-state index contributed by atoms with van der Waals surface area (Å²) in [5, 5.41) is 0.481. The molecule has 0 fully saturated rings. The number of amides is 1. The lowest BCUT2D eigenvalue weighted by Crippen LogP contribution is -2.32. The van der Waals surface area contributed by atoms with Gasteiger partial charge in [-0.15, -0.1) is 11.3 Å². The second kappa shape index (κ2) is 7.41. The Hall–Kier alpha value is -2.47. The molecule has 3 rings (SSSR count). The first kappa shape index (κ1) is 18.3. The molecule has 0 atom stereocenters. The number of pyridine rings is 1. The van der Waals surface area contributed by atoms with E-state index >= 15 is 0 Å². The number of thiophene rings is 1. The quantitative estimate of drug-likeness (QED) is 0.678. The average Bonchev–Trinajstić information content (AvgIpc) is 2.97. The number of carbonyl (C=O) groups excluding carboxylic acids is 1. The van der Waals surface area contributed by atoms with E-state index in [2.05, 4.69) is 0 Å². The van der Waals surface area contributed by atoms with Gasteiger partial charge in [0.25, 0.3) is 11.5 Å². The molecule has 6 heteroatoms. The van der Waals surface area contributed by atoms with E-state index in [1.807, 2.05) is 26.8 Å². The molecule has 2 aromatic heterocycles. The summed E-state index contributed by atoms with van der Waals surface area (Å²) in [6, 6.07) is 7.95. The van der Waals surface area contributed by atoms with Gasteiger partial charge in [-0.2, -0.15) is 0 Å². The van der Waals surface area contributed by atoms with Gasteiger partial charge in [0.2, 0.25) is 0 Å². The molecule has 0 radical (unpaired) electrons. The zero-order valence-corrected chi connectivity index (χ0v) is 15.9. The van der Waals surface area contributed by atoms with Crippen molar-refractivity contribution >= 4 is 27.3 Å². The zero-order chi connectivity index (χ0) is 18.8. The van der Waals surface area contributed by atoms with Gasteiger partial charge < -0.3 is 9.47 Å². The molecule has 0 bridgehead atoms. The van der Waals surface area contributed by atoms with Crippen molar-refractivity contribution in [3.8, 4) is 0 Å². The third kappa shape index (κ3) is 3.29. The van der Waals surface area contributed by atoms with E-state index in [4.69, 9.17) is 0 Å². The maximum absolute atomic E-state index is 13.1. The van der Waals surface area contributed by atoms with Crippen LogP contribution in [0, 0.1) is 12.7 Å². The Labute approximate surface area is 155 Å². The minimum absolute atomic E-state index is 0.101. The van der Waals surface area contributed by atoms with E-state index in [-0.39, 0.29) is 17.3 Å². The number of benzene rings is 1. The van der Waals surface area contributed by atoms with Gasteiger partial charge >= 0.3 is 0 Å². The number of hydrogen-bond donors (Lipinski definition) is 0. The number of rotatable bonds is 5. The third-order valence-electron chi connectivity index (χ3n) is 4.52. The smallest absolute Gasteiger partial charge is 0.260 e. The Bertz CT molecular complexity index is 1000. The maximum Gasteiger partial charge on any atom is 0.260 e. The van der Waals surface area contributed by atoms with E-state index in [9.17, 15) is 14.0 Å². The Morgan fingerprint density at radius 1 is 1.15 bits per heavy atom. The van der Waals surface area contributed by atoms with E-state index in [1.165, 1.54) is 23.5 Å². The second-order valence-corrected chi connectivity index (χ2v) is 7.38. The van der Waals surface area contributed by atoms with Crippen LogP contribution in [-0.2, 0) is 6.54 Å². The van der Waals surface area contributed by atoms with Gasteiger partial charge in [0, 0.05) is 28.9 Å². The minimum Gasteiger partial charge on any atom is -0.339 e. The van der Waals surface area contributed by atoms with Gasteiger partial charge in [0.15, 0.2) is 0 Å². The number of aryl methyl sites for hydroxylation is 1. The molecule has 0 aliphatic carbocycles. The van der Waals surface area contributed by atoms with Gasteiger partial charge in [-0.1, -0.05) is 12.1 Å². The molecule has 2 heterocycles. The SMILES string of the molecule is CCN(CC)C(=O)c1c(C)sc2ccn(Cc3ccc(F)cc3)c(=O)c12. The van der Waals surface area contributed by atoms with Crippen molar-refractivity contribution in [2.45, 2.75) is 27.3 Å². The predicted molar refractivity (Wildman–Crippen MR) is 104 cm³/mol. The summed E-state index contributed by atoms with van der Waals surface area (Å²) in [5.41, 5.74) is 1.15. The number of hydrogen-bond acceptors (Lipinski definition) is 3. The maximum atomic E-state index is 13.1. The summed E-state index contributed by atoms with van der Waals surface area (Å²) in [5.74, 6) is -0.410. The van der Waals surface area contributed by atoms with Crippen LogP contribution < -0.4 is 5.56 Å². The van der Waals surface area contributed by atoms with E-state index in [0.29, 0.717) is 30.6 Å². The highest BCUT2D eigenvalue weighted by molar-refractivity contribution is 7.19. The Balaban J connectivity index is 2.10. The van der Waals surface area contributed by atoms with Crippen LogP contribution in [-0.4, -0.2) is 28.5 Å². The molecule has 0 saturated carbocycles. The van der Waals surface area contributed by atoms with E-state index in [1.54, 1.807) is 27.8 Å². The Kier molecular flexibility index (Phi) is 5.23. The predicted octanol–water partition coefficient (Wildman–Crippen LogP) is 4.04. The standard InChI is InChI=1S/C20H21FN2O2S/c1-4-22(5-2)19(24)17-13(3)26-16-10-11-23(20(25)18(16)17)12-14-6-8-15(21)9-7-14/h6-11H,4-5,12H2,1-3H3. The third-order valence-corrected chi connectivity index (χ3v) is 5.59. The second-order valence-electron chi connectivity index (χ2n) is 6.13. The van der Waals surface area contributed by atoms with Crippen LogP contribution in [0.1, 0.15) is 34.6 Å². The fraction of sp³-hybridized carbons (Fsp3) is 0.300. The molecule has 0 spiro atoms. The average molecular weight is 372 g/mol. The summed E-state index contributed by atoms with van der Waals surface area (Å²) in [4.78, 5) is 28.5. The monoisotopic (exact) mass is 372 g/mol. The Morgan fingerprint density at radius 3 is 2.42 bits per heavy atom. The van der Waals surface area contributed by atoms with Crippen LogP contribution in [0.5, 0.6) is 0 Å². The lowest BCUT2D eigenvalue weighted by Gasteiger charge is -2.18. The van der Waals surface area contributed by atoms with Crippen molar-refractivity contribution in [1.29, 1.82) is 0 Å². The van der Waals surface area contributed by atoms with Crippen LogP contribution in [0.15, 0.2) is 41.3 Å². The molecular formula is C20H21FN2O2S. The van der Waals surface area contributed by atoms with Crippen molar-refractivity contribution in [3.63, 3.8) is 0 Å². The lowest BCUT2D eigenvalue weighted by molar-refractivity contribution is 0.0774. The van der Waals surface area contributed by atoms with E-state index < -0.39 is 0 Å². The normalized spacial score (nSPS) is 11.1. The number of carbonyl (C=O) groups is 1. The van der Waals surface area contributed by atoms with Crippen LogP contribution in [0.4, 0.5) is 4.39 Å². The molecule has 1 aromatic carbocycles. The highest BCUT2D eigenvalue weighted by Crippen LogP contribution is 2.29. The molecule has 136 valence electrons. The van der Waals surface area contributed by atoms with Gasteiger partial charge in [0.05, 0.1) is 17.5 Å². The fourth-order valence-corrected chi connectivity index (χ4v) is 4.14. The van der Waals surface area contributed by atoms with Crippen LogP contribution in [0.2, 0.25) is 0 Å². The van der Waals surface area contributed by atoms with E-state index in [0.717, 1.165) is 15.1 Å². The number of fused-ring (bicyclic) bond motifs is 1. The minimum atomic E-state index is -0.308. The topological polar surface area (TPSA) is 42.3 Å². The lowest BCUT2D eigenvalue weighted by atomic mass is 10.1. The summed E-state index contributed by atoms with van der Waals surface area (Å²) < 4.78 is 15.5. The highest BCUT2D eigenvalue weighted by atomic mass is 32.1. The summed E-state index contributed by atoms with van der Waals surface area (Å²) in [6.45, 7) is 7.27. The van der Waals surface area contributed by atoms with Crippen molar-refractivity contribution in [1.82, 2.24) is 9.47 Å². The van der Waals surface area contributed by atoms with Crippen LogP contribution in [0.3, 0.4) is 0 Å². The van der Waals surface area contributed by atoms with Crippen LogP contribution >= 0.6 is 11.3 Å². The van der Waals surface area contributed by atoms with Crippen molar-refractivity contribution in [3.05, 3.63) is 68.7 Å². The summed E-state index contributed by atoms with van der Waals surface area (Å²) in [7, 11) is 0. The van der Waals surface area contributed by atoms with Gasteiger partial charge in [-0.25, -0.2) is 4.39 Å². The summed E-state index contributed by atoms with van der Waals surface area (Å²) >= 11 is 1.47. The number of aromatic nitrogens is 1. The molecule has 0 unspecified atom stereocenters. The molecule has 0 aliphatic rings. The molecule has 3 aromatic rings. The van der Waals surface area contributed by atoms with Gasteiger partial charge in [-0.05, 0) is 44.5 Å². The molecule has 4 nitrogen and oxygen atoms in total. The van der Waals surface area contributed by atoms with Crippen molar-refractivity contribution in [2.24, 2.45) is 0 Å². The fourth-order valence-electron chi connectivity index (χ4n) is 3.10. The summed E-state index contributed by atoms with van der Waals surface area (Å²) in [6.07, 6.45) is 1.73. The molecule has 0 N–H and O–H groups in total. The van der Waals surface area contributed by atoms with Gasteiger partial charge in [0.1, 0.15) is 5.82 Å². The highest BCUT2D eigenvalue weighted by Gasteiger charge is 2.23. The number of halogens is 1. The first-order valence-electron chi connectivity index (χ1n) is 8.62. The molecule has 1 amide bonds. The number of nitrogens with zero attached hydrogens (tertiary/aromatic N) is 2. The zero-order valence-electron chi connectivity index (χ0n) is 15.1. The molecule has 26 heavy (non-hydrogen) atoms. The first-order valence-corrected chi connectivity index (χ1v) is 9.44. The molecule has 0 aliphatic heterocycles. The molecular weight excluding hydrogens is 351 g/mol. The first-order chi connectivity index (χ1) is 12.5. The van der Waals surface area contributed by atoms with Crippen molar-refractivity contribution < 1.29 is 9.18 Å². The van der Waals surface area contributed by atoms with Gasteiger partial charge in [-0.3, -0.25) is 9.59 Å². The van der Waals surface area contributed by atoms with Crippen LogP contribution in [0.25, 0.3) is 10.1 Å². The van der Waals surface area contributed by atoms with Crippen molar-refractivity contribution in [2.75, 3.05) is 13.1 Å².